The van der Waals surface area contributed by atoms with Crippen molar-refractivity contribution >= 4 is 0 Å². The van der Waals surface area contributed by atoms with Crippen molar-refractivity contribution < 1.29 is 0 Å². The Bertz CT molecular complexity index is 243. The Labute approximate surface area is 114 Å². The van der Waals surface area contributed by atoms with Crippen LogP contribution in [0.2, 0.25) is 0 Å². The van der Waals surface area contributed by atoms with Gasteiger partial charge in [-0.3, -0.25) is 0 Å². The molecule has 1 N–H and O–H groups in total. The molecule has 1 saturated heterocycles. The van der Waals surface area contributed by atoms with E-state index in [4.69, 9.17) is 0 Å². The van der Waals surface area contributed by atoms with Crippen molar-refractivity contribution in [2.45, 2.75) is 52.5 Å². The van der Waals surface area contributed by atoms with Crippen LogP contribution in [0.15, 0.2) is 0 Å². The fourth-order valence-corrected chi connectivity index (χ4v) is 4.04. The second kappa shape index (κ2) is 6.38. The van der Waals surface area contributed by atoms with Gasteiger partial charge in [-0.05, 0) is 50.0 Å². The first-order valence-electron chi connectivity index (χ1n) is 8.03. The van der Waals surface area contributed by atoms with Gasteiger partial charge in [0.05, 0.1) is 0 Å². The Morgan fingerprint density at radius 1 is 1.11 bits per heavy atom. The molecule has 2 aliphatic rings. The molecule has 1 saturated carbocycles. The molecule has 5 unspecified atom stereocenters. The van der Waals surface area contributed by atoms with Gasteiger partial charge in [-0.2, -0.15) is 0 Å². The molecule has 18 heavy (non-hydrogen) atoms. The van der Waals surface area contributed by atoms with Crippen molar-refractivity contribution in [3.05, 3.63) is 0 Å². The summed E-state index contributed by atoms with van der Waals surface area (Å²) in [6.07, 6.45) is 5.64. The second-order valence-electron chi connectivity index (χ2n) is 6.92. The molecule has 0 aromatic heterocycles. The highest BCUT2D eigenvalue weighted by atomic mass is 15.2. The Hall–Kier alpha value is -0.0800. The van der Waals surface area contributed by atoms with Crippen LogP contribution in [0.4, 0.5) is 0 Å². The van der Waals surface area contributed by atoms with Crippen LogP contribution in [0.3, 0.4) is 0 Å². The zero-order valence-electron chi connectivity index (χ0n) is 12.8. The first-order valence-corrected chi connectivity index (χ1v) is 8.03. The van der Waals surface area contributed by atoms with E-state index < -0.39 is 0 Å². The normalized spacial score (nSPS) is 42.3. The molecule has 106 valence electrons. The highest BCUT2D eigenvalue weighted by Crippen LogP contribution is 2.33. The van der Waals surface area contributed by atoms with Gasteiger partial charge in [-0.15, -0.1) is 0 Å². The monoisotopic (exact) mass is 252 g/mol. The van der Waals surface area contributed by atoms with E-state index in [-0.39, 0.29) is 0 Å². The molecule has 2 nitrogen and oxygen atoms in total. The molecule has 1 aliphatic heterocycles. The third-order valence-electron chi connectivity index (χ3n) is 5.60. The van der Waals surface area contributed by atoms with Crippen LogP contribution in [0.25, 0.3) is 0 Å². The van der Waals surface area contributed by atoms with Gasteiger partial charge in [0.1, 0.15) is 0 Å². The predicted octanol–water partition coefficient (Wildman–Crippen LogP) is 2.99. The van der Waals surface area contributed by atoms with E-state index in [1.165, 1.54) is 45.3 Å². The van der Waals surface area contributed by atoms with Crippen LogP contribution in [0, 0.1) is 23.7 Å². The summed E-state index contributed by atoms with van der Waals surface area (Å²) in [6, 6.07) is 0.763. The van der Waals surface area contributed by atoms with Gasteiger partial charge in [-0.25, -0.2) is 0 Å². The van der Waals surface area contributed by atoms with E-state index in [0.717, 1.165) is 29.7 Å². The summed E-state index contributed by atoms with van der Waals surface area (Å²) in [5.41, 5.74) is 0. The van der Waals surface area contributed by atoms with E-state index in [9.17, 15) is 0 Å². The Balaban J connectivity index is 1.88. The van der Waals surface area contributed by atoms with Crippen LogP contribution in [-0.4, -0.2) is 37.6 Å². The standard InChI is InChI=1S/C16H32N2/c1-5-14-6-7-16(17-4)15(8-14)11-18-9-12(2)13(3)10-18/h12-17H,5-11H2,1-4H3. The maximum absolute atomic E-state index is 3.57. The van der Waals surface area contributed by atoms with E-state index in [2.05, 4.69) is 38.0 Å². The van der Waals surface area contributed by atoms with E-state index in [1.807, 2.05) is 0 Å². The van der Waals surface area contributed by atoms with Gasteiger partial charge in [0.2, 0.25) is 0 Å². The quantitative estimate of drug-likeness (QED) is 0.827. The van der Waals surface area contributed by atoms with Crippen molar-refractivity contribution in [3.8, 4) is 0 Å². The Morgan fingerprint density at radius 3 is 2.33 bits per heavy atom. The average molecular weight is 252 g/mol. The van der Waals surface area contributed by atoms with Gasteiger partial charge < -0.3 is 10.2 Å². The van der Waals surface area contributed by atoms with Crippen LogP contribution >= 0.6 is 0 Å². The van der Waals surface area contributed by atoms with Crippen molar-refractivity contribution in [2.24, 2.45) is 23.7 Å². The smallest absolute Gasteiger partial charge is 0.0105 e. The summed E-state index contributed by atoms with van der Waals surface area (Å²) >= 11 is 0. The SMILES string of the molecule is CCC1CCC(NC)C(CN2CC(C)C(C)C2)C1. The molecule has 2 rings (SSSR count). The maximum Gasteiger partial charge on any atom is 0.0105 e. The zero-order valence-corrected chi connectivity index (χ0v) is 12.8. The summed E-state index contributed by atoms with van der Waals surface area (Å²) in [6.45, 7) is 11.2. The Kier molecular flexibility index (Phi) is 5.08. The zero-order chi connectivity index (χ0) is 13.1. The van der Waals surface area contributed by atoms with Crippen LogP contribution < -0.4 is 5.32 Å². The molecule has 1 aliphatic carbocycles. The van der Waals surface area contributed by atoms with E-state index in [0.29, 0.717) is 0 Å². The van der Waals surface area contributed by atoms with E-state index >= 15 is 0 Å². The first-order chi connectivity index (χ1) is 8.63. The molecule has 0 spiro atoms. The van der Waals surface area contributed by atoms with Gasteiger partial charge >= 0.3 is 0 Å². The summed E-state index contributed by atoms with van der Waals surface area (Å²) in [5.74, 6) is 3.65. The molecule has 2 fully saturated rings. The molecule has 0 amide bonds. The number of rotatable bonds is 4. The van der Waals surface area contributed by atoms with Crippen molar-refractivity contribution in [2.75, 3.05) is 26.7 Å². The lowest BCUT2D eigenvalue weighted by atomic mass is 9.76. The lowest BCUT2D eigenvalue weighted by molar-refractivity contribution is 0.153. The molecule has 0 radical (unpaired) electrons. The topological polar surface area (TPSA) is 15.3 Å². The first kappa shape index (κ1) is 14.3. The summed E-state index contributed by atoms with van der Waals surface area (Å²) in [5, 5.41) is 3.57. The minimum Gasteiger partial charge on any atom is -0.317 e. The van der Waals surface area contributed by atoms with Gasteiger partial charge in [-0.1, -0.05) is 27.2 Å². The minimum absolute atomic E-state index is 0.763. The fraction of sp³-hybridized carbons (Fsp3) is 1.00. The molecule has 2 heteroatoms. The van der Waals surface area contributed by atoms with Crippen molar-refractivity contribution in [1.82, 2.24) is 10.2 Å². The third kappa shape index (κ3) is 3.27. The minimum atomic E-state index is 0.763. The maximum atomic E-state index is 3.57. The summed E-state index contributed by atoms with van der Waals surface area (Å²) in [7, 11) is 2.15. The fourth-order valence-electron chi connectivity index (χ4n) is 4.04. The number of hydrogen-bond donors (Lipinski definition) is 1. The number of nitrogens with zero attached hydrogens (tertiary/aromatic N) is 1. The number of likely N-dealkylation sites (tertiary alicyclic amines) is 1. The molecule has 5 atom stereocenters. The van der Waals surface area contributed by atoms with Crippen LogP contribution in [0.1, 0.15) is 46.5 Å². The largest absolute Gasteiger partial charge is 0.317 e. The van der Waals surface area contributed by atoms with Crippen LogP contribution in [-0.2, 0) is 0 Å². The third-order valence-corrected chi connectivity index (χ3v) is 5.60. The average Bonchev–Trinajstić information content (AvgIpc) is 2.68. The number of hydrogen-bond acceptors (Lipinski definition) is 2. The second-order valence-corrected chi connectivity index (χ2v) is 6.92. The highest BCUT2D eigenvalue weighted by Gasteiger charge is 2.33. The highest BCUT2D eigenvalue weighted by molar-refractivity contribution is 4.88. The molecule has 1 heterocycles. The Morgan fingerprint density at radius 2 is 1.78 bits per heavy atom. The van der Waals surface area contributed by atoms with E-state index in [1.54, 1.807) is 0 Å². The molecular formula is C16H32N2. The van der Waals surface area contributed by atoms with Gasteiger partial charge in [0, 0.05) is 25.7 Å². The van der Waals surface area contributed by atoms with Crippen molar-refractivity contribution in [3.63, 3.8) is 0 Å². The predicted molar refractivity (Wildman–Crippen MR) is 78.7 cm³/mol. The molecule has 0 aromatic carbocycles. The lowest BCUT2D eigenvalue weighted by Crippen LogP contribution is -2.44. The summed E-state index contributed by atoms with van der Waals surface area (Å²) in [4.78, 5) is 2.72. The molecule has 0 bridgehead atoms. The lowest BCUT2D eigenvalue weighted by Gasteiger charge is -2.38. The number of nitrogens with one attached hydrogen (secondary N) is 1. The summed E-state index contributed by atoms with van der Waals surface area (Å²) < 4.78 is 0. The molecule has 0 aromatic rings. The van der Waals surface area contributed by atoms with Gasteiger partial charge in [0.15, 0.2) is 0 Å². The van der Waals surface area contributed by atoms with Gasteiger partial charge in [0.25, 0.3) is 0 Å². The molecular weight excluding hydrogens is 220 g/mol. The van der Waals surface area contributed by atoms with Crippen molar-refractivity contribution in [1.29, 1.82) is 0 Å². The van der Waals surface area contributed by atoms with Crippen LogP contribution in [0.5, 0.6) is 0 Å².